The number of hydrogen-bond acceptors (Lipinski definition) is 7. The standard InChI is InChI=1S/C19H21N5O3/c20-13-4-5-22-16(9-13)18(25)15-11-24(19-14(15)10-21-12-23-19)6-8-27-17-3-1-2-7-26-17/h4-5,9-12,17H,1-3,6-8H2,(H2,20,22). The van der Waals surface area contributed by atoms with Gasteiger partial charge in [-0.15, -0.1) is 0 Å². The van der Waals surface area contributed by atoms with Crippen molar-refractivity contribution < 1.29 is 14.3 Å². The molecule has 0 bridgehead atoms. The quantitative estimate of drug-likeness (QED) is 0.666. The lowest BCUT2D eigenvalue weighted by molar-refractivity contribution is -0.163. The average molecular weight is 367 g/mol. The van der Waals surface area contributed by atoms with E-state index in [0.717, 1.165) is 25.9 Å². The summed E-state index contributed by atoms with van der Waals surface area (Å²) in [6.07, 6.45) is 9.39. The lowest BCUT2D eigenvalue weighted by atomic mass is 10.1. The van der Waals surface area contributed by atoms with Crippen molar-refractivity contribution in [2.75, 3.05) is 18.9 Å². The zero-order chi connectivity index (χ0) is 18.6. The molecule has 27 heavy (non-hydrogen) atoms. The van der Waals surface area contributed by atoms with Gasteiger partial charge >= 0.3 is 0 Å². The van der Waals surface area contributed by atoms with Crippen molar-refractivity contribution in [1.82, 2.24) is 19.5 Å². The number of ketones is 1. The van der Waals surface area contributed by atoms with Gasteiger partial charge in [-0.2, -0.15) is 0 Å². The Morgan fingerprint density at radius 1 is 1.37 bits per heavy atom. The van der Waals surface area contributed by atoms with E-state index in [9.17, 15) is 4.79 Å². The van der Waals surface area contributed by atoms with Crippen molar-refractivity contribution >= 4 is 22.5 Å². The number of nitrogens with two attached hydrogens (primary N) is 1. The molecule has 3 aromatic heterocycles. The van der Waals surface area contributed by atoms with Crippen LogP contribution in [0.3, 0.4) is 0 Å². The molecule has 1 unspecified atom stereocenters. The molecule has 3 aromatic rings. The van der Waals surface area contributed by atoms with Crippen molar-refractivity contribution in [2.45, 2.75) is 32.1 Å². The zero-order valence-corrected chi connectivity index (χ0v) is 14.9. The van der Waals surface area contributed by atoms with Crippen molar-refractivity contribution in [3.63, 3.8) is 0 Å². The van der Waals surface area contributed by atoms with Crippen LogP contribution in [0, 0.1) is 0 Å². The van der Waals surface area contributed by atoms with Gasteiger partial charge in [0.25, 0.3) is 0 Å². The highest BCUT2D eigenvalue weighted by molar-refractivity contribution is 6.15. The third-order valence-electron chi connectivity index (χ3n) is 4.57. The number of nitrogens with zero attached hydrogens (tertiary/aromatic N) is 4. The van der Waals surface area contributed by atoms with Crippen LogP contribution in [0.2, 0.25) is 0 Å². The Labute approximate surface area is 156 Å². The van der Waals surface area contributed by atoms with Crippen LogP contribution < -0.4 is 5.73 Å². The summed E-state index contributed by atoms with van der Waals surface area (Å²) in [5.41, 5.74) is 7.75. The summed E-state index contributed by atoms with van der Waals surface area (Å²) in [4.78, 5) is 25.4. The number of nitrogen functional groups attached to an aromatic ring is 1. The summed E-state index contributed by atoms with van der Waals surface area (Å²) in [5, 5.41) is 0.681. The minimum absolute atomic E-state index is 0.146. The van der Waals surface area contributed by atoms with Crippen LogP contribution >= 0.6 is 0 Å². The van der Waals surface area contributed by atoms with E-state index in [0.29, 0.717) is 41.1 Å². The summed E-state index contributed by atoms with van der Waals surface area (Å²) in [6, 6.07) is 3.21. The van der Waals surface area contributed by atoms with Gasteiger partial charge in [-0.05, 0) is 31.4 Å². The monoisotopic (exact) mass is 367 g/mol. The first-order chi connectivity index (χ1) is 13.2. The van der Waals surface area contributed by atoms with Gasteiger partial charge < -0.3 is 19.8 Å². The Balaban J connectivity index is 1.56. The third kappa shape index (κ3) is 3.81. The first kappa shape index (κ1) is 17.6. The second-order valence-corrected chi connectivity index (χ2v) is 6.47. The van der Waals surface area contributed by atoms with Crippen LogP contribution in [0.5, 0.6) is 0 Å². The van der Waals surface area contributed by atoms with Crippen molar-refractivity contribution in [2.24, 2.45) is 0 Å². The van der Waals surface area contributed by atoms with Crippen LogP contribution in [0.25, 0.3) is 11.0 Å². The third-order valence-corrected chi connectivity index (χ3v) is 4.57. The Morgan fingerprint density at radius 2 is 2.30 bits per heavy atom. The molecule has 1 saturated heterocycles. The van der Waals surface area contributed by atoms with E-state index in [4.69, 9.17) is 15.2 Å². The van der Waals surface area contributed by atoms with Gasteiger partial charge in [0.05, 0.1) is 12.2 Å². The van der Waals surface area contributed by atoms with Gasteiger partial charge in [0.15, 0.2) is 6.29 Å². The van der Waals surface area contributed by atoms with Gasteiger partial charge in [-0.3, -0.25) is 9.78 Å². The Hall–Kier alpha value is -2.84. The van der Waals surface area contributed by atoms with E-state index in [-0.39, 0.29) is 12.1 Å². The summed E-state index contributed by atoms with van der Waals surface area (Å²) in [7, 11) is 0. The molecule has 1 atom stereocenters. The molecule has 0 radical (unpaired) electrons. The maximum absolute atomic E-state index is 12.9. The highest BCUT2D eigenvalue weighted by Crippen LogP contribution is 2.22. The summed E-state index contributed by atoms with van der Waals surface area (Å²) >= 11 is 0. The maximum Gasteiger partial charge on any atom is 0.213 e. The molecule has 140 valence electrons. The Kier molecular flexibility index (Phi) is 5.08. The predicted molar refractivity (Wildman–Crippen MR) is 99.2 cm³/mol. The van der Waals surface area contributed by atoms with Gasteiger partial charge in [0.2, 0.25) is 5.78 Å². The van der Waals surface area contributed by atoms with Crippen molar-refractivity contribution in [3.8, 4) is 0 Å². The van der Waals surface area contributed by atoms with Crippen LogP contribution in [-0.4, -0.2) is 44.8 Å². The SMILES string of the molecule is Nc1ccnc(C(=O)c2cn(CCOC3CCCCO3)c3ncncc23)c1. The summed E-state index contributed by atoms with van der Waals surface area (Å²) in [5.74, 6) is -0.211. The first-order valence-electron chi connectivity index (χ1n) is 9.00. The number of pyridine rings is 1. The second kappa shape index (κ2) is 7.81. The number of carbonyl (C=O) groups excluding carboxylic acids is 1. The molecule has 1 aliphatic rings. The highest BCUT2D eigenvalue weighted by Gasteiger charge is 2.19. The van der Waals surface area contributed by atoms with Crippen LogP contribution in [-0.2, 0) is 16.0 Å². The van der Waals surface area contributed by atoms with E-state index < -0.39 is 0 Å². The smallest absolute Gasteiger partial charge is 0.213 e. The highest BCUT2D eigenvalue weighted by atomic mass is 16.7. The Morgan fingerprint density at radius 3 is 3.11 bits per heavy atom. The molecule has 8 nitrogen and oxygen atoms in total. The molecule has 8 heteroatoms. The fourth-order valence-electron chi connectivity index (χ4n) is 3.21. The molecule has 4 rings (SSSR count). The number of fused-ring (bicyclic) bond motifs is 1. The van der Waals surface area contributed by atoms with Crippen LogP contribution in [0.1, 0.15) is 35.3 Å². The average Bonchev–Trinajstić information content (AvgIpc) is 3.07. The van der Waals surface area contributed by atoms with Crippen LogP contribution in [0.15, 0.2) is 37.1 Å². The van der Waals surface area contributed by atoms with Crippen molar-refractivity contribution in [1.29, 1.82) is 0 Å². The van der Waals surface area contributed by atoms with Crippen molar-refractivity contribution in [3.05, 3.63) is 48.3 Å². The lowest BCUT2D eigenvalue weighted by Crippen LogP contribution is -2.23. The first-order valence-corrected chi connectivity index (χ1v) is 9.00. The summed E-state index contributed by atoms with van der Waals surface area (Å²) < 4.78 is 13.3. The molecule has 1 aliphatic heterocycles. The molecular weight excluding hydrogens is 346 g/mol. The molecular formula is C19H21N5O3. The van der Waals surface area contributed by atoms with Gasteiger partial charge in [0, 0.05) is 42.8 Å². The van der Waals surface area contributed by atoms with Gasteiger partial charge in [-0.25, -0.2) is 9.97 Å². The number of aromatic nitrogens is 4. The molecule has 0 saturated carbocycles. The number of hydrogen-bond donors (Lipinski definition) is 1. The van der Waals surface area contributed by atoms with Gasteiger partial charge in [-0.1, -0.05) is 0 Å². The molecule has 0 amide bonds. The normalized spacial score (nSPS) is 17.3. The number of carbonyl (C=O) groups is 1. The maximum atomic E-state index is 12.9. The largest absolute Gasteiger partial charge is 0.399 e. The van der Waals surface area contributed by atoms with E-state index >= 15 is 0 Å². The number of ether oxygens (including phenoxy) is 2. The molecule has 1 fully saturated rings. The number of anilines is 1. The topological polar surface area (TPSA) is 105 Å². The molecule has 0 aromatic carbocycles. The lowest BCUT2D eigenvalue weighted by Gasteiger charge is -2.22. The van der Waals surface area contributed by atoms with E-state index in [1.54, 1.807) is 24.5 Å². The minimum atomic E-state index is -0.211. The van der Waals surface area contributed by atoms with E-state index in [2.05, 4.69) is 15.0 Å². The fraction of sp³-hybridized carbons (Fsp3) is 0.368. The Bertz CT molecular complexity index is 949. The molecule has 0 aliphatic carbocycles. The summed E-state index contributed by atoms with van der Waals surface area (Å²) in [6.45, 7) is 1.78. The van der Waals surface area contributed by atoms with E-state index in [1.165, 1.54) is 12.5 Å². The molecule has 4 heterocycles. The van der Waals surface area contributed by atoms with Crippen LogP contribution in [0.4, 0.5) is 5.69 Å². The second-order valence-electron chi connectivity index (χ2n) is 6.47. The van der Waals surface area contributed by atoms with E-state index in [1.807, 2.05) is 4.57 Å². The van der Waals surface area contributed by atoms with Gasteiger partial charge in [0.1, 0.15) is 17.7 Å². The molecule has 0 spiro atoms. The molecule has 2 N–H and O–H groups in total. The minimum Gasteiger partial charge on any atom is -0.399 e. The fourth-order valence-corrected chi connectivity index (χ4v) is 3.21. The predicted octanol–water partition coefficient (Wildman–Crippen LogP) is 2.18. The zero-order valence-electron chi connectivity index (χ0n) is 14.9. The number of rotatable bonds is 6.